The van der Waals surface area contributed by atoms with Crippen molar-refractivity contribution < 1.29 is 14.4 Å². The summed E-state index contributed by atoms with van der Waals surface area (Å²) in [7, 11) is 0. The van der Waals surface area contributed by atoms with Gasteiger partial charge in [-0.15, -0.1) is 0 Å². The van der Waals surface area contributed by atoms with E-state index in [1.54, 1.807) is 36.4 Å². The molecule has 1 heterocycles. The van der Waals surface area contributed by atoms with Crippen LogP contribution in [0.1, 0.15) is 15.9 Å². The number of hydrogen-bond donors (Lipinski definition) is 1. The van der Waals surface area contributed by atoms with Crippen LogP contribution >= 0.6 is 0 Å². The van der Waals surface area contributed by atoms with Crippen LogP contribution in [0.2, 0.25) is 0 Å². The third kappa shape index (κ3) is 2.48. The second-order valence-corrected chi connectivity index (χ2v) is 5.15. The maximum atomic E-state index is 12.1. The zero-order valence-corrected chi connectivity index (χ0v) is 12.0. The summed E-state index contributed by atoms with van der Waals surface area (Å²) < 4.78 is 0. The van der Waals surface area contributed by atoms with E-state index < -0.39 is 11.7 Å². The number of carbonyl (C=O) groups excluding carboxylic acids is 3. The molecule has 0 spiro atoms. The minimum absolute atomic E-state index is 0.185. The van der Waals surface area contributed by atoms with Crippen LogP contribution in [0.15, 0.2) is 48.5 Å². The molecule has 22 heavy (non-hydrogen) atoms. The van der Waals surface area contributed by atoms with Crippen molar-refractivity contribution in [3.8, 4) is 0 Å². The Balaban J connectivity index is 1.76. The zero-order chi connectivity index (χ0) is 15.7. The molecule has 0 radical (unpaired) electrons. The van der Waals surface area contributed by atoms with Crippen molar-refractivity contribution in [1.82, 2.24) is 0 Å². The largest absolute Gasteiger partial charge is 0.325 e. The highest BCUT2D eigenvalue weighted by Gasteiger charge is 2.36. The van der Waals surface area contributed by atoms with Gasteiger partial charge in [-0.1, -0.05) is 29.8 Å². The smallest absolute Gasteiger partial charge is 0.299 e. The molecule has 0 aromatic heterocycles. The van der Waals surface area contributed by atoms with Gasteiger partial charge >= 0.3 is 0 Å². The van der Waals surface area contributed by atoms with Crippen molar-refractivity contribution in [1.29, 1.82) is 0 Å². The van der Waals surface area contributed by atoms with Gasteiger partial charge in [-0.05, 0) is 31.2 Å². The van der Waals surface area contributed by atoms with E-state index >= 15 is 0 Å². The minimum atomic E-state index is -0.666. The molecule has 1 aliphatic heterocycles. The molecule has 0 fully saturated rings. The Morgan fingerprint density at radius 1 is 1.05 bits per heavy atom. The van der Waals surface area contributed by atoms with Crippen LogP contribution in [0.4, 0.5) is 11.4 Å². The fourth-order valence-corrected chi connectivity index (χ4v) is 2.39. The topological polar surface area (TPSA) is 66.5 Å². The highest BCUT2D eigenvalue weighted by Crippen LogP contribution is 2.28. The molecule has 0 saturated carbocycles. The van der Waals surface area contributed by atoms with E-state index in [9.17, 15) is 14.4 Å². The third-order valence-corrected chi connectivity index (χ3v) is 3.52. The van der Waals surface area contributed by atoms with Gasteiger partial charge in [0.05, 0.1) is 11.3 Å². The Bertz CT molecular complexity index is 766. The Labute approximate surface area is 127 Å². The molecular formula is C17H14N2O3. The van der Waals surface area contributed by atoms with Gasteiger partial charge in [0, 0.05) is 5.69 Å². The summed E-state index contributed by atoms with van der Waals surface area (Å²) >= 11 is 0. The Kier molecular flexibility index (Phi) is 3.47. The first-order valence-corrected chi connectivity index (χ1v) is 6.88. The number of fused-ring (bicyclic) bond motifs is 1. The van der Waals surface area contributed by atoms with E-state index in [0.717, 1.165) is 5.56 Å². The quantitative estimate of drug-likeness (QED) is 0.882. The summed E-state index contributed by atoms with van der Waals surface area (Å²) in [5, 5.41) is 2.72. The highest BCUT2D eigenvalue weighted by molar-refractivity contribution is 6.52. The fourth-order valence-electron chi connectivity index (χ4n) is 2.39. The van der Waals surface area contributed by atoms with E-state index in [0.29, 0.717) is 16.9 Å². The number of anilines is 2. The molecule has 5 nitrogen and oxygen atoms in total. The molecule has 3 rings (SSSR count). The summed E-state index contributed by atoms with van der Waals surface area (Å²) in [5.74, 6) is -1.58. The van der Waals surface area contributed by atoms with Gasteiger partial charge in [0.25, 0.3) is 11.7 Å². The first-order valence-electron chi connectivity index (χ1n) is 6.88. The fraction of sp³-hybridized carbons (Fsp3) is 0.118. The van der Waals surface area contributed by atoms with Crippen molar-refractivity contribution >= 4 is 29.0 Å². The van der Waals surface area contributed by atoms with Crippen LogP contribution < -0.4 is 10.2 Å². The average Bonchev–Trinajstić information content (AvgIpc) is 2.75. The number of rotatable bonds is 3. The first kappa shape index (κ1) is 14.0. The lowest BCUT2D eigenvalue weighted by molar-refractivity contribution is -0.118. The molecule has 2 amide bonds. The number of nitrogens with zero attached hydrogens (tertiary/aromatic N) is 1. The second-order valence-electron chi connectivity index (χ2n) is 5.15. The van der Waals surface area contributed by atoms with Crippen LogP contribution in [0, 0.1) is 6.92 Å². The van der Waals surface area contributed by atoms with E-state index in [1.807, 2.05) is 19.1 Å². The molecule has 0 atom stereocenters. The van der Waals surface area contributed by atoms with Gasteiger partial charge in [-0.2, -0.15) is 0 Å². The highest BCUT2D eigenvalue weighted by atomic mass is 16.2. The molecule has 0 bridgehead atoms. The molecule has 1 aliphatic rings. The van der Waals surface area contributed by atoms with Gasteiger partial charge in [0.15, 0.2) is 0 Å². The van der Waals surface area contributed by atoms with Crippen molar-refractivity contribution in [3.05, 3.63) is 59.7 Å². The number of nitrogens with one attached hydrogen (secondary N) is 1. The molecule has 2 aromatic carbocycles. The molecular weight excluding hydrogens is 280 g/mol. The number of para-hydroxylation sites is 1. The van der Waals surface area contributed by atoms with E-state index in [2.05, 4.69) is 5.32 Å². The standard InChI is InChI=1S/C17H14N2O3/c1-11-6-8-12(9-7-11)18-15(20)10-19-14-5-3-2-4-13(14)16(21)17(19)22/h2-9H,10H2,1H3,(H,18,20). The lowest BCUT2D eigenvalue weighted by Crippen LogP contribution is -2.37. The van der Waals surface area contributed by atoms with Crippen LogP contribution in [0.3, 0.4) is 0 Å². The van der Waals surface area contributed by atoms with Crippen molar-refractivity contribution in [2.45, 2.75) is 6.92 Å². The molecule has 5 heteroatoms. The van der Waals surface area contributed by atoms with Gasteiger partial charge in [0.1, 0.15) is 6.54 Å². The maximum absolute atomic E-state index is 12.1. The molecule has 2 aromatic rings. The molecule has 1 N–H and O–H groups in total. The van der Waals surface area contributed by atoms with Crippen molar-refractivity contribution in [2.24, 2.45) is 0 Å². The predicted molar refractivity (Wildman–Crippen MR) is 82.9 cm³/mol. The summed E-state index contributed by atoms with van der Waals surface area (Å²) in [4.78, 5) is 37.2. The zero-order valence-electron chi connectivity index (χ0n) is 12.0. The lowest BCUT2D eigenvalue weighted by Gasteiger charge is -2.16. The van der Waals surface area contributed by atoms with Crippen LogP contribution in [-0.2, 0) is 9.59 Å². The third-order valence-electron chi connectivity index (χ3n) is 3.52. The molecule has 0 unspecified atom stereocenters. The van der Waals surface area contributed by atoms with Crippen molar-refractivity contribution in [3.63, 3.8) is 0 Å². The van der Waals surface area contributed by atoms with Crippen LogP contribution in [0.5, 0.6) is 0 Å². The van der Waals surface area contributed by atoms with Crippen molar-refractivity contribution in [2.75, 3.05) is 16.8 Å². The number of hydrogen-bond acceptors (Lipinski definition) is 3. The number of carbonyl (C=O) groups is 3. The first-order chi connectivity index (χ1) is 10.6. The van der Waals surface area contributed by atoms with Gasteiger partial charge < -0.3 is 5.32 Å². The Morgan fingerprint density at radius 3 is 2.45 bits per heavy atom. The second kappa shape index (κ2) is 5.44. The number of Topliss-reactive ketones (excluding diaryl/α,β-unsaturated/α-hetero) is 1. The van der Waals surface area contributed by atoms with E-state index in [1.165, 1.54) is 4.90 Å². The Morgan fingerprint density at radius 2 is 1.73 bits per heavy atom. The number of ketones is 1. The summed E-state index contributed by atoms with van der Waals surface area (Å²) in [6.45, 7) is 1.77. The van der Waals surface area contributed by atoms with E-state index in [4.69, 9.17) is 0 Å². The van der Waals surface area contributed by atoms with Gasteiger partial charge in [0.2, 0.25) is 5.91 Å². The summed E-state index contributed by atoms with van der Waals surface area (Å²) in [5.41, 5.74) is 2.57. The molecule has 0 saturated heterocycles. The minimum Gasteiger partial charge on any atom is -0.325 e. The maximum Gasteiger partial charge on any atom is 0.299 e. The summed E-state index contributed by atoms with van der Waals surface area (Å²) in [6.07, 6.45) is 0. The summed E-state index contributed by atoms with van der Waals surface area (Å²) in [6, 6.07) is 14.0. The molecule has 0 aliphatic carbocycles. The lowest BCUT2D eigenvalue weighted by atomic mass is 10.1. The van der Waals surface area contributed by atoms with Crippen LogP contribution in [0.25, 0.3) is 0 Å². The number of amides is 2. The number of benzene rings is 2. The van der Waals surface area contributed by atoms with E-state index in [-0.39, 0.29) is 12.5 Å². The number of aryl methyl sites for hydroxylation is 1. The van der Waals surface area contributed by atoms with Gasteiger partial charge in [-0.3, -0.25) is 19.3 Å². The Hall–Kier alpha value is -2.95. The predicted octanol–water partition coefficient (Wildman–Crippen LogP) is 2.16. The normalized spacial score (nSPS) is 13.2. The molecule has 110 valence electrons. The average molecular weight is 294 g/mol. The monoisotopic (exact) mass is 294 g/mol. The van der Waals surface area contributed by atoms with Gasteiger partial charge in [-0.25, -0.2) is 0 Å². The SMILES string of the molecule is Cc1ccc(NC(=O)CN2C(=O)C(=O)c3ccccc32)cc1. The van der Waals surface area contributed by atoms with Crippen LogP contribution in [-0.4, -0.2) is 24.1 Å².